The number of nitrogens with two attached hydrogens (primary N) is 2. The minimum atomic E-state index is -0.116. The monoisotopic (exact) mass is 368 g/mol. The second-order valence-corrected chi connectivity index (χ2v) is 7.74. The van der Waals surface area contributed by atoms with Gasteiger partial charge in [0.2, 0.25) is 11.8 Å². The predicted molar refractivity (Wildman–Crippen MR) is 107 cm³/mol. The van der Waals surface area contributed by atoms with Gasteiger partial charge in [-0.3, -0.25) is 9.59 Å². The Morgan fingerprint density at radius 1 is 0.731 bits per heavy atom. The molecule has 2 aliphatic rings. The number of amides is 2. The molecule has 0 radical (unpaired) electrons. The summed E-state index contributed by atoms with van der Waals surface area (Å²) in [5, 5.41) is 0. The number of unbranched alkanes of at least 4 members (excludes halogenated alkanes) is 2. The van der Waals surface area contributed by atoms with E-state index in [1.165, 1.54) is 38.8 Å². The zero-order chi connectivity index (χ0) is 19.4. The van der Waals surface area contributed by atoms with Crippen molar-refractivity contribution in [2.45, 2.75) is 65.2 Å². The first-order chi connectivity index (χ1) is 12.5. The van der Waals surface area contributed by atoms with E-state index in [2.05, 4.69) is 23.6 Å². The number of carbonyl (C=O) groups excluding carboxylic acids is 2. The molecule has 0 aromatic carbocycles. The average Bonchev–Trinajstić information content (AvgIpc) is 2.66. The number of piperidine rings is 2. The van der Waals surface area contributed by atoms with E-state index >= 15 is 0 Å². The van der Waals surface area contributed by atoms with Crippen LogP contribution in [0.2, 0.25) is 0 Å². The van der Waals surface area contributed by atoms with Gasteiger partial charge in [0.1, 0.15) is 0 Å². The second-order valence-electron chi connectivity index (χ2n) is 7.74. The Balaban J connectivity index is 0.000000260. The Morgan fingerprint density at radius 3 is 1.27 bits per heavy atom. The molecule has 0 aromatic heterocycles. The number of carbonyl (C=O) groups is 2. The van der Waals surface area contributed by atoms with Crippen LogP contribution in [0.1, 0.15) is 65.2 Å². The quantitative estimate of drug-likeness (QED) is 0.685. The van der Waals surface area contributed by atoms with E-state index < -0.39 is 0 Å². The first kappa shape index (κ1) is 22.9. The zero-order valence-corrected chi connectivity index (χ0v) is 16.9. The molecule has 6 heteroatoms. The molecule has 0 bridgehead atoms. The van der Waals surface area contributed by atoms with Gasteiger partial charge in [-0.1, -0.05) is 26.7 Å². The summed E-state index contributed by atoms with van der Waals surface area (Å²) in [6, 6.07) is 0. The summed E-state index contributed by atoms with van der Waals surface area (Å²) >= 11 is 0. The van der Waals surface area contributed by atoms with Gasteiger partial charge in [-0.2, -0.15) is 0 Å². The Bertz CT molecular complexity index is 363. The fraction of sp³-hybridized carbons (Fsp3) is 0.900. The molecule has 0 unspecified atom stereocenters. The van der Waals surface area contributed by atoms with E-state index in [1.54, 1.807) is 0 Å². The molecule has 2 fully saturated rings. The van der Waals surface area contributed by atoms with Gasteiger partial charge in [0.15, 0.2) is 0 Å². The fourth-order valence-corrected chi connectivity index (χ4v) is 3.65. The molecule has 4 N–H and O–H groups in total. The molecule has 26 heavy (non-hydrogen) atoms. The Kier molecular flexibility index (Phi) is 11.5. The van der Waals surface area contributed by atoms with Gasteiger partial charge in [0, 0.05) is 11.8 Å². The van der Waals surface area contributed by atoms with E-state index in [1.807, 2.05) is 0 Å². The van der Waals surface area contributed by atoms with Gasteiger partial charge >= 0.3 is 0 Å². The van der Waals surface area contributed by atoms with Gasteiger partial charge < -0.3 is 21.3 Å². The molecule has 2 rings (SSSR count). The highest BCUT2D eigenvalue weighted by molar-refractivity contribution is 5.77. The lowest BCUT2D eigenvalue weighted by molar-refractivity contribution is -0.124. The van der Waals surface area contributed by atoms with Crippen LogP contribution in [0.3, 0.4) is 0 Å². The van der Waals surface area contributed by atoms with Crippen LogP contribution >= 0.6 is 0 Å². The normalized spacial score (nSPS) is 20.4. The van der Waals surface area contributed by atoms with Crippen LogP contribution in [0.5, 0.6) is 0 Å². The third-order valence-corrected chi connectivity index (χ3v) is 5.64. The van der Waals surface area contributed by atoms with Crippen molar-refractivity contribution in [1.29, 1.82) is 0 Å². The molecule has 6 nitrogen and oxygen atoms in total. The van der Waals surface area contributed by atoms with Gasteiger partial charge in [0.25, 0.3) is 0 Å². The second kappa shape index (κ2) is 13.1. The summed E-state index contributed by atoms with van der Waals surface area (Å²) in [7, 11) is 0. The molecule has 0 saturated carbocycles. The lowest BCUT2D eigenvalue weighted by atomic mass is 9.96. The first-order valence-electron chi connectivity index (χ1n) is 10.5. The number of hydrogen-bond acceptors (Lipinski definition) is 4. The van der Waals surface area contributed by atoms with Crippen molar-refractivity contribution in [1.82, 2.24) is 9.80 Å². The largest absolute Gasteiger partial charge is 0.369 e. The molecule has 2 saturated heterocycles. The van der Waals surface area contributed by atoms with Gasteiger partial charge in [-0.15, -0.1) is 0 Å². The maximum absolute atomic E-state index is 10.9. The third-order valence-electron chi connectivity index (χ3n) is 5.64. The predicted octanol–water partition coefficient (Wildman–Crippen LogP) is 1.97. The number of hydrogen-bond donors (Lipinski definition) is 2. The number of likely N-dealkylation sites (tertiary alicyclic amines) is 2. The first-order valence-corrected chi connectivity index (χ1v) is 10.5. The van der Waals surface area contributed by atoms with Crippen molar-refractivity contribution in [2.24, 2.45) is 23.3 Å². The van der Waals surface area contributed by atoms with E-state index in [-0.39, 0.29) is 23.7 Å². The highest BCUT2D eigenvalue weighted by Gasteiger charge is 2.23. The maximum Gasteiger partial charge on any atom is 0.220 e. The summed E-state index contributed by atoms with van der Waals surface area (Å²) < 4.78 is 0. The number of primary amides is 2. The fourth-order valence-electron chi connectivity index (χ4n) is 3.65. The van der Waals surface area contributed by atoms with Crippen LogP contribution in [0.4, 0.5) is 0 Å². The van der Waals surface area contributed by atoms with Crippen LogP contribution < -0.4 is 11.5 Å². The van der Waals surface area contributed by atoms with Crippen LogP contribution in [0.15, 0.2) is 0 Å². The summed E-state index contributed by atoms with van der Waals surface area (Å²) in [4.78, 5) is 26.6. The summed E-state index contributed by atoms with van der Waals surface area (Å²) in [6.07, 6.45) is 8.85. The van der Waals surface area contributed by atoms with Gasteiger partial charge in [0.05, 0.1) is 0 Å². The lowest BCUT2D eigenvalue weighted by Crippen LogP contribution is -2.38. The van der Waals surface area contributed by atoms with E-state index in [0.29, 0.717) is 0 Å². The molecular weight excluding hydrogens is 328 g/mol. The summed E-state index contributed by atoms with van der Waals surface area (Å²) in [5.74, 6) is 0.0426. The molecule has 152 valence electrons. The van der Waals surface area contributed by atoms with Crippen molar-refractivity contribution >= 4 is 11.8 Å². The highest BCUT2D eigenvalue weighted by atomic mass is 16.1. The zero-order valence-electron chi connectivity index (χ0n) is 16.9. The maximum atomic E-state index is 10.9. The molecule has 2 amide bonds. The van der Waals surface area contributed by atoms with Gasteiger partial charge in [-0.05, 0) is 77.8 Å². The Hall–Kier alpha value is -1.14. The molecular formula is C20H40N4O2. The molecule has 2 aliphatic heterocycles. The summed E-state index contributed by atoms with van der Waals surface area (Å²) in [5.41, 5.74) is 10.5. The molecule has 0 spiro atoms. The van der Waals surface area contributed by atoms with Crippen molar-refractivity contribution < 1.29 is 9.59 Å². The topological polar surface area (TPSA) is 92.7 Å². The van der Waals surface area contributed by atoms with Crippen LogP contribution in [-0.4, -0.2) is 60.9 Å². The van der Waals surface area contributed by atoms with E-state index in [9.17, 15) is 9.59 Å². The minimum Gasteiger partial charge on any atom is -0.369 e. The van der Waals surface area contributed by atoms with Crippen LogP contribution in [0.25, 0.3) is 0 Å². The highest BCUT2D eigenvalue weighted by Crippen LogP contribution is 2.17. The smallest absolute Gasteiger partial charge is 0.220 e. The average molecular weight is 369 g/mol. The number of nitrogens with zero attached hydrogens (tertiary/aromatic N) is 2. The van der Waals surface area contributed by atoms with Crippen molar-refractivity contribution in [3.05, 3.63) is 0 Å². The standard InChI is InChI=1S/2C10H20N2O/c2*1-2-3-6-12-7-4-9(5-8-12)10(11)13/h2*9H,2-8H2,1H3,(H2,11,13). The SMILES string of the molecule is CCCCN1CCC(C(N)=O)CC1.CCCCN1CCC(C(N)=O)CC1. The van der Waals surface area contributed by atoms with Crippen LogP contribution in [0, 0.1) is 11.8 Å². The number of rotatable bonds is 8. The van der Waals surface area contributed by atoms with Crippen molar-refractivity contribution in [2.75, 3.05) is 39.3 Å². The van der Waals surface area contributed by atoms with Crippen LogP contribution in [-0.2, 0) is 9.59 Å². The lowest BCUT2D eigenvalue weighted by Gasteiger charge is -2.30. The van der Waals surface area contributed by atoms with Crippen molar-refractivity contribution in [3.63, 3.8) is 0 Å². The van der Waals surface area contributed by atoms with E-state index in [0.717, 1.165) is 51.9 Å². The van der Waals surface area contributed by atoms with Crippen molar-refractivity contribution in [3.8, 4) is 0 Å². The molecule has 0 aliphatic carbocycles. The minimum absolute atomic E-state index is 0.116. The van der Waals surface area contributed by atoms with E-state index in [4.69, 9.17) is 11.5 Å². The molecule has 2 heterocycles. The Labute approximate surface area is 159 Å². The van der Waals surface area contributed by atoms with Gasteiger partial charge in [-0.25, -0.2) is 0 Å². The summed E-state index contributed by atoms with van der Waals surface area (Å²) in [6.45, 7) is 11.0. The molecule has 0 aromatic rings. The Morgan fingerprint density at radius 2 is 1.04 bits per heavy atom. The molecule has 0 atom stereocenters. The third kappa shape index (κ3) is 8.99.